The summed E-state index contributed by atoms with van der Waals surface area (Å²) in [5.41, 5.74) is 0.928. The molecule has 2 aromatic rings. The van der Waals surface area contributed by atoms with Crippen LogP contribution in [-0.4, -0.2) is 11.7 Å². The Morgan fingerprint density at radius 2 is 1.55 bits per heavy atom. The largest absolute Gasteiger partial charge is 0.508 e. The third-order valence-corrected chi connectivity index (χ3v) is 2.47. The summed E-state index contributed by atoms with van der Waals surface area (Å²) in [4.78, 5) is 0. The van der Waals surface area contributed by atoms with Gasteiger partial charge in [0, 0.05) is 2.74 Å². The molecule has 120 valence electrons. The number of rotatable bonds is 5. The van der Waals surface area contributed by atoms with E-state index in [9.17, 15) is 5.11 Å². The number of hydrogen-bond donors (Lipinski definition) is 1. The smallest absolute Gasteiger partial charge is 0.119 e. The number of para-hydroxylation sites is 2. The molecule has 0 amide bonds. The van der Waals surface area contributed by atoms with Gasteiger partial charge in [-0.05, 0) is 30.2 Å². The summed E-state index contributed by atoms with van der Waals surface area (Å²) in [7, 11) is 2.50. The Bertz CT molecular complexity index is 528. The molecule has 0 aliphatic carbocycles. The van der Waals surface area contributed by atoms with E-state index in [1.165, 1.54) is 14.8 Å². The minimum Gasteiger partial charge on any atom is -0.508 e. The lowest BCUT2D eigenvalue weighted by atomic mass is 10.1. The van der Waals surface area contributed by atoms with Gasteiger partial charge in [0.15, 0.2) is 0 Å². The van der Waals surface area contributed by atoms with Crippen LogP contribution in [-0.2, 0) is 6.42 Å². The maximum Gasteiger partial charge on any atom is 0.119 e. The molecule has 0 saturated heterocycles. The van der Waals surface area contributed by atoms with E-state index < -0.39 is 0 Å². The standard InChI is InChI=1S/2C9H10O.2CH4/c1-2-8-10-9-6-4-3-5-7-9;1-2-5-8-6-3-4-7-9(8)10;;/h2-7H,1,8H2;2-4,6-7,10H,1,5H2;2*1H4/i;;2*1T. The highest BCUT2D eigenvalue weighted by atomic mass is 16.5. The van der Waals surface area contributed by atoms with Crippen molar-refractivity contribution in [1.29, 1.82) is 0 Å². The monoisotopic (exact) mass is 304 g/mol. The van der Waals surface area contributed by atoms with Crippen LogP contribution in [0, 0.1) is 0 Å². The number of phenols is 1. The van der Waals surface area contributed by atoms with Gasteiger partial charge in [-0.15, -0.1) is 6.58 Å². The van der Waals surface area contributed by atoms with Gasteiger partial charge in [0.1, 0.15) is 18.1 Å². The highest BCUT2D eigenvalue weighted by Crippen LogP contribution is 2.15. The Morgan fingerprint density at radius 1 is 0.955 bits per heavy atom. The summed E-state index contributed by atoms with van der Waals surface area (Å²) in [6, 6.07) is 17.0. The van der Waals surface area contributed by atoms with Gasteiger partial charge in [0.05, 0.1) is 0 Å². The van der Waals surface area contributed by atoms with Crippen molar-refractivity contribution in [2.75, 3.05) is 6.61 Å². The van der Waals surface area contributed by atoms with Crippen LogP contribution in [0.1, 0.15) is 23.1 Å². The summed E-state index contributed by atoms with van der Waals surface area (Å²) in [6.45, 7) is 7.71. The Kier molecular flexibility index (Phi) is 10.8. The lowest BCUT2D eigenvalue weighted by Crippen LogP contribution is -1.91. The molecule has 0 fully saturated rings. The van der Waals surface area contributed by atoms with E-state index in [2.05, 4.69) is 13.2 Å². The van der Waals surface area contributed by atoms with Crippen molar-refractivity contribution in [2.24, 2.45) is 0 Å². The summed E-state index contributed by atoms with van der Waals surface area (Å²) < 4.78 is 16.7. The van der Waals surface area contributed by atoms with Crippen molar-refractivity contribution >= 4 is 0 Å². The van der Waals surface area contributed by atoms with Crippen LogP contribution in [0.25, 0.3) is 0 Å². The molecule has 0 saturated carbocycles. The lowest BCUT2D eigenvalue weighted by molar-refractivity contribution is 0.363. The van der Waals surface area contributed by atoms with Gasteiger partial charge in [-0.25, -0.2) is 0 Å². The molecule has 1 N–H and O–H groups in total. The molecule has 0 radical (unpaired) electrons. The molecule has 2 aromatic carbocycles. The van der Waals surface area contributed by atoms with Crippen LogP contribution >= 0.6 is 0 Å². The molecule has 0 aliphatic heterocycles. The minimum absolute atomic E-state index is 0.349. The summed E-state index contributed by atoms with van der Waals surface area (Å²) in [5.74, 6) is 1.24. The number of allylic oxidation sites excluding steroid dienone is 1. The van der Waals surface area contributed by atoms with Crippen molar-refractivity contribution in [2.45, 2.75) is 21.2 Å². The molecule has 2 rings (SSSR count). The van der Waals surface area contributed by atoms with E-state index in [-0.39, 0.29) is 0 Å². The van der Waals surface area contributed by atoms with Crippen LogP contribution in [0.4, 0.5) is 0 Å². The van der Waals surface area contributed by atoms with E-state index in [1.54, 1.807) is 18.2 Å². The number of hydrogen-bond acceptors (Lipinski definition) is 2. The fraction of sp³-hybridized carbons (Fsp3) is 0.200. The van der Waals surface area contributed by atoms with E-state index in [4.69, 9.17) is 7.48 Å². The average molecular weight is 304 g/mol. The van der Waals surface area contributed by atoms with E-state index in [1.807, 2.05) is 48.5 Å². The van der Waals surface area contributed by atoms with Crippen molar-refractivity contribution in [1.82, 2.24) is 0 Å². The lowest BCUT2D eigenvalue weighted by Gasteiger charge is -1.99. The molecule has 0 bridgehead atoms. The predicted molar refractivity (Wildman–Crippen MR) is 97.6 cm³/mol. The van der Waals surface area contributed by atoms with E-state index in [0.29, 0.717) is 12.4 Å². The zero-order valence-electron chi connectivity index (χ0n) is 15.5. The SMILES string of the molecule is C=CCOc1ccccc1.C=CCc1ccccc1O.[3H]C.[3H]C. The molecule has 0 aromatic heterocycles. The summed E-state index contributed by atoms with van der Waals surface area (Å²) in [5, 5.41) is 9.19. The minimum atomic E-state index is 0.349. The molecule has 22 heavy (non-hydrogen) atoms. The normalized spacial score (nSPS) is 8.82. The zero-order valence-corrected chi connectivity index (χ0v) is 13.5. The third-order valence-electron chi connectivity index (χ3n) is 2.47. The number of phenolic OH excluding ortho intramolecular Hbond substituents is 1. The first kappa shape index (κ1) is 17.6. The summed E-state index contributed by atoms with van der Waals surface area (Å²) in [6.07, 6.45) is 4.23. The molecular formula is C20H28O2. The van der Waals surface area contributed by atoms with E-state index in [0.717, 1.165) is 17.7 Å². The first-order chi connectivity index (χ1) is 11.8. The van der Waals surface area contributed by atoms with Gasteiger partial charge in [-0.1, -0.05) is 69.9 Å². The van der Waals surface area contributed by atoms with Crippen LogP contribution in [0.2, 0.25) is 0 Å². The quantitative estimate of drug-likeness (QED) is 0.724. The molecule has 0 atom stereocenters. The second-order valence-electron chi connectivity index (χ2n) is 4.03. The second-order valence-corrected chi connectivity index (χ2v) is 4.03. The van der Waals surface area contributed by atoms with Crippen LogP contribution in [0.5, 0.6) is 11.5 Å². The molecule has 2 nitrogen and oxygen atoms in total. The van der Waals surface area contributed by atoms with Crippen molar-refractivity contribution < 1.29 is 12.6 Å². The average Bonchev–Trinajstić information content (AvgIpc) is 2.67. The Balaban J connectivity index is 0. The fourth-order valence-electron chi connectivity index (χ4n) is 1.51. The van der Waals surface area contributed by atoms with Crippen LogP contribution in [0.3, 0.4) is 0 Å². The van der Waals surface area contributed by atoms with Crippen LogP contribution in [0.15, 0.2) is 79.9 Å². The predicted octanol–water partition coefficient (Wildman–Crippen LogP) is 5.64. The first-order valence-electron chi connectivity index (χ1n) is 8.44. The van der Waals surface area contributed by atoms with Crippen molar-refractivity contribution in [3.8, 4) is 11.5 Å². The van der Waals surface area contributed by atoms with Gasteiger partial charge in [-0.3, -0.25) is 0 Å². The van der Waals surface area contributed by atoms with Gasteiger partial charge in [0.2, 0.25) is 0 Å². The zero-order chi connectivity index (χ0) is 18.6. The highest BCUT2D eigenvalue weighted by Gasteiger charge is 1.93. The van der Waals surface area contributed by atoms with Crippen molar-refractivity contribution in [3.63, 3.8) is 0 Å². The molecule has 0 aliphatic rings. The fourth-order valence-corrected chi connectivity index (χ4v) is 1.51. The number of ether oxygens (including phenoxy) is 1. The van der Waals surface area contributed by atoms with Gasteiger partial charge in [0.25, 0.3) is 0 Å². The molecule has 2 heteroatoms. The van der Waals surface area contributed by atoms with Crippen LogP contribution < -0.4 is 4.74 Å². The summed E-state index contributed by atoms with van der Waals surface area (Å²) >= 11 is 0. The number of benzene rings is 2. The first-order valence-corrected chi connectivity index (χ1v) is 6.44. The Morgan fingerprint density at radius 3 is 2.09 bits per heavy atom. The Labute approximate surface area is 138 Å². The maximum atomic E-state index is 9.19. The second kappa shape index (κ2) is 13.5. The maximum absolute atomic E-state index is 9.19. The van der Waals surface area contributed by atoms with Gasteiger partial charge < -0.3 is 9.84 Å². The highest BCUT2D eigenvalue weighted by molar-refractivity contribution is 5.32. The Hall–Kier alpha value is -2.48. The third kappa shape index (κ3) is 8.64. The molecular weight excluding hydrogens is 272 g/mol. The number of aromatic hydroxyl groups is 1. The topological polar surface area (TPSA) is 29.5 Å². The molecule has 0 heterocycles. The van der Waals surface area contributed by atoms with Gasteiger partial charge in [-0.2, -0.15) is 0 Å². The molecule has 0 unspecified atom stereocenters. The van der Waals surface area contributed by atoms with E-state index >= 15 is 0 Å². The molecule has 0 spiro atoms. The van der Waals surface area contributed by atoms with Gasteiger partial charge >= 0.3 is 0 Å². The van der Waals surface area contributed by atoms with Crippen molar-refractivity contribution in [3.05, 3.63) is 85.5 Å².